The van der Waals surface area contributed by atoms with Gasteiger partial charge >= 0.3 is 5.97 Å². The smallest absolute Gasteiger partial charge is 0.325 e. The van der Waals surface area contributed by atoms with Gasteiger partial charge in [0.05, 0.1) is 6.61 Å². The zero-order chi connectivity index (χ0) is 12.0. The molecule has 0 aliphatic heterocycles. The van der Waals surface area contributed by atoms with Crippen LogP contribution in [0.5, 0.6) is 0 Å². The number of esters is 1. The van der Waals surface area contributed by atoms with Crippen LogP contribution in [0.15, 0.2) is 30.3 Å². The first-order valence-electron chi connectivity index (χ1n) is 5.46. The van der Waals surface area contributed by atoms with Gasteiger partial charge in [-0.15, -0.1) is 0 Å². The lowest BCUT2D eigenvalue weighted by atomic mass is 10.1. The van der Waals surface area contributed by atoms with Crippen LogP contribution in [0.3, 0.4) is 0 Å². The van der Waals surface area contributed by atoms with Crippen molar-refractivity contribution in [2.45, 2.75) is 25.8 Å². The van der Waals surface area contributed by atoms with E-state index >= 15 is 0 Å². The maximum atomic E-state index is 11.6. The van der Waals surface area contributed by atoms with E-state index in [1.54, 1.807) is 20.9 Å². The summed E-state index contributed by atoms with van der Waals surface area (Å²) in [5.41, 5.74) is 0.564. The summed E-state index contributed by atoms with van der Waals surface area (Å²) < 4.78 is 5.20. The third-order valence-corrected chi connectivity index (χ3v) is 2.60. The molecule has 0 heterocycles. The van der Waals surface area contributed by atoms with E-state index in [0.717, 1.165) is 6.42 Å². The van der Waals surface area contributed by atoms with Gasteiger partial charge in [-0.25, -0.2) is 0 Å². The molecule has 0 atom stereocenters. The van der Waals surface area contributed by atoms with E-state index in [2.05, 4.69) is 5.32 Å². The lowest BCUT2D eigenvalue weighted by molar-refractivity contribution is -0.149. The monoisotopic (exact) mass is 221 g/mol. The molecule has 0 saturated heterocycles. The molecule has 88 valence electrons. The largest absolute Gasteiger partial charge is 0.464 e. The van der Waals surface area contributed by atoms with Crippen LogP contribution < -0.4 is 5.32 Å². The first-order valence-corrected chi connectivity index (χ1v) is 5.46. The molecule has 0 radical (unpaired) electrons. The summed E-state index contributed by atoms with van der Waals surface area (Å²) in [4.78, 5) is 11.6. The topological polar surface area (TPSA) is 38.3 Å². The van der Waals surface area contributed by atoms with Gasteiger partial charge in [-0.05, 0) is 26.5 Å². The lowest BCUT2D eigenvalue weighted by Crippen LogP contribution is -2.45. The van der Waals surface area contributed by atoms with Gasteiger partial charge in [0, 0.05) is 6.42 Å². The van der Waals surface area contributed by atoms with Crippen molar-refractivity contribution in [3.8, 4) is 0 Å². The van der Waals surface area contributed by atoms with Crippen LogP contribution in [0, 0.1) is 0 Å². The highest BCUT2D eigenvalue weighted by atomic mass is 16.5. The fraction of sp³-hybridized carbons (Fsp3) is 0.462. The van der Waals surface area contributed by atoms with E-state index in [0.29, 0.717) is 6.61 Å². The summed E-state index contributed by atoms with van der Waals surface area (Å²) in [5, 5.41) is 2.92. The second-order valence-corrected chi connectivity index (χ2v) is 4.25. The molecule has 0 amide bonds. The van der Waals surface area contributed by atoms with Gasteiger partial charge in [-0.1, -0.05) is 30.3 Å². The van der Waals surface area contributed by atoms with Gasteiger partial charge in [-0.2, -0.15) is 0 Å². The summed E-state index contributed by atoms with van der Waals surface area (Å²) in [7, 11) is 1.75. The van der Waals surface area contributed by atoms with E-state index < -0.39 is 5.54 Å². The highest BCUT2D eigenvalue weighted by Crippen LogP contribution is 2.05. The molecule has 3 heteroatoms. The first kappa shape index (κ1) is 12.7. The number of hydrogen-bond acceptors (Lipinski definition) is 3. The van der Waals surface area contributed by atoms with Crippen molar-refractivity contribution in [3.63, 3.8) is 0 Å². The molecule has 1 aromatic rings. The Morgan fingerprint density at radius 1 is 1.31 bits per heavy atom. The average molecular weight is 221 g/mol. The van der Waals surface area contributed by atoms with Crippen molar-refractivity contribution < 1.29 is 9.53 Å². The summed E-state index contributed by atoms with van der Waals surface area (Å²) >= 11 is 0. The quantitative estimate of drug-likeness (QED) is 0.770. The Balaban J connectivity index is 2.34. The van der Waals surface area contributed by atoms with E-state index in [-0.39, 0.29) is 5.97 Å². The van der Waals surface area contributed by atoms with E-state index in [1.807, 2.05) is 30.3 Å². The molecule has 0 bridgehead atoms. The number of ether oxygens (including phenoxy) is 1. The molecule has 16 heavy (non-hydrogen) atoms. The second-order valence-electron chi connectivity index (χ2n) is 4.25. The zero-order valence-corrected chi connectivity index (χ0v) is 10.1. The highest BCUT2D eigenvalue weighted by molar-refractivity contribution is 5.79. The van der Waals surface area contributed by atoms with Crippen molar-refractivity contribution >= 4 is 5.97 Å². The molecular weight excluding hydrogens is 202 g/mol. The first-order chi connectivity index (χ1) is 7.56. The van der Waals surface area contributed by atoms with E-state index in [1.165, 1.54) is 5.56 Å². The minimum atomic E-state index is -0.614. The van der Waals surface area contributed by atoms with Crippen molar-refractivity contribution in [2.24, 2.45) is 0 Å². The molecule has 0 aliphatic carbocycles. The number of carbonyl (C=O) groups excluding carboxylic acids is 1. The molecule has 1 N–H and O–H groups in total. The van der Waals surface area contributed by atoms with Crippen LogP contribution in [-0.2, 0) is 16.0 Å². The van der Waals surface area contributed by atoms with E-state index in [4.69, 9.17) is 4.74 Å². The summed E-state index contributed by atoms with van der Waals surface area (Å²) in [6, 6.07) is 9.98. The van der Waals surface area contributed by atoms with Gasteiger partial charge in [-0.3, -0.25) is 4.79 Å². The van der Waals surface area contributed by atoms with Gasteiger partial charge in [0.1, 0.15) is 5.54 Å². The Labute approximate surface area is 96.8 Å². The maximum absolute atomic E-state index is 11.6. The molecule has 1 aromatic carbocycles. The molecule has 0 aliphatic rings. The molecule has 0 spiro atoms. The van der Waals surface area contributed by atoms with Gasteiger partial charge in [0.2, 0.25) is 0 Å². The fourth-order valence-corrected chi connectivity index (χ4v) is 1.19. The maximum Gasteiger partial charge on any atom is 0.325 e. The standard InChI is InChI=1S/C13H19NO2/c1-13(2,14-3)12(15)16-10-9-11-7-5-4-6-8-11/h4-8,14H,9-10H2,1-3H3. The molecule has 0 unspecified atom stereocenters. The second kappa shape index (κ2) is 5.66. The average Bonchev–Trinajstić information content (AvgIpc) is 2.30. The van der Waals surface area contributed by atoms with Crippen molar-refractivity contribution in [2.75, 3.05) is 13.7 Å². The van der Waals surface area contributed by atoms with Crippen LogP contribution in [0.4, 0.5) is 0 Å². The SMILES string of the molecule is CNC(C)(C)C(=O)OCCc1ccccc1. The molecule has 1 rings (SSSR count). The third-order valence-electron chi connectivity index (χ3n) is 2.60. The zero-order valence-electron chi connectivity index (χ0n) is 10.1. The number of rotatable bonds is 5. The molecule has 0 saturated carbocycles. The van der Waals surface area contributed by atoms with Gasteiger partial charge in [0.25, 0.3) is 0 Å². The Morgan fingerprint density at radius 2 is 1.94 bits per heavy atom. The number of hydrogen-bond donors (Lipinski definition) is 1. The molecule has 3 nitrogen and oxygen atoms in total. The fourth-order valence-electron chi connectivity index (χ4n) is 1.19. The number of carbonyl (C=O) groups is 1. The Morgan fingerprint density at radius 3 is 2.50 bits per heavy atom. The third kappa shape index (κ3) is 3.66. The Hall–Kier alpha value is -1.35. The minimum absolute atomic E-state index is 0.217. The molecule has 0 aromatic heterocycles. The van der Waals surface area contributed by atoms with Crippen LogP contribution in [-0.4, -0.2) is 25.2 Å². The number of likely N-dealkylation sites (N-methyl/N-ethyl adjacent to an activating group) is 1. The van der Waals surface area contributed by atoms with Gasteiger partial charge < -0.3 is 10.1 Å². The predicted molar refractivity (Wildman–Crippen MR) is 64.2 cm³/mol. The van der Waals surface area contributed by atoms with Crippen molar-refractivity contribution in [1.82, 2.24) is 5.32 Å². The molecular formula is C13H19NO2. The number of nitrogens with one attached hydrogen (secondary N) is 1. The highest BCUT2D eigenvalue weighted by Gasteiger charge is 2.26. The van der Waals surface area contributed by atoms with Crippen molar-refractivity contribution in [1.29, 1.82) is 0 Å². The summed E-state index contributed by atoms with van der Waals surface area (Å²) in [5.74, 6) is -0.217. The summed E-state index contributed by atoms with van der Waals surface area (Å²) in [6.45, 7) is 4.03. The normalized spacial score (nSPS) is 11.2. The predicted octanol–water partition coefficient (Wildman–Crippen LogP) is 1.77. The lowest BCUT2D eigenvalue weighted by Gasteiger charge is -2.21. The Bertz CT molecular complexity index is 333. The Kier molecular flexibility index (Phi) is 4.50. The van der Waals surface area contributed by atoms with Crippen LogP contribution in [0.1, 0.15) is 19.4 Å². The van der Waals surface area contributed by atoms with Crippen LogP contribution in [0.25, 0.3) is 0 Å². The van der Waals surface area contributed by atoms with Gasteiger partial charge in [0.15, 0.2) is 0 Å². The van der Waals surface area contributed by atoms with E-state index in [9.17, 15) is 4.79 Å². The minimum Gasteiger partial charge on any atom is -0.464 e. The molecule has 0 fully saturated rings. The summed E-state index contributed by atoms with van der Waals surface area (Å²) in [6.07, 6.45) is 0.756. The van der Waals surface area contributed by atoms with Crippen LogP contribution in [0.2, 0.25) is 0 Å². The van der Waals surface area contributed by atoms with Crippen molar-refractivity contribution in [3.05, 3.63) is 35.9 Å². The van der Waals surface area contributed by atoms with Crippen LogP contribution >= 0.6 is 0 Å². The number of benzene rings is 1.